The number of halogens is 4. The Morgan fingerprint density at radius 3 is 2.55 bits per heavy atom. The van der Waals surface area contributed by atoms with Gasteiger partial charge in [-0.15, -0.1) is 0 Å². The molecule has 0 unspecified atom stereocenters. The fourth-order valence-corrected chi connectivity index (χ4v) is 4.43. The normalized spacial score (nSPS) is 13.9. The van der Waals surface area contributed by atoms with Crippen LogP contribution >= 0.6 is 0 Å². The van der Waals surface area contributed by atoms with Crippen molar-refractivity contribution in [3.63, 3.8) is 0 Å². The van der Waals surface area contributed by atoms with Crippen molar-refractivity contribution in [1.29, 1.82) is 0 Å². The van der Waals surface area contributed by atoms with E-state index in [0.717, 1.165) is 43.4 Å². The molecule has 1 aliphatic heterocycles. The van der Waals surface area contributed by atoms with Crippen molar-refractivity contribution in [3.8, 4) is 11.4 Å². The maximum Gasteiger partial charge on any atom is 0.423 e. The van der Waals surface area contributed by atoms with Crippen LogP contribution in [0.2, 0.25) is 0 Å². The van der Waals surface area contributed by atoms with Crippen LogP contribution in [0.5, 0.6) is 0 Å². The lowest BCUT2D eigenvalue weighted by atomic mass is 9.89. The summed E-state index contributed by atoms with van der Waals surface area (Å²) in [5.74, 6) is 0.601. The molecule has 0 bridgehead atoms. The minimum Gasteiger partial charge on any atom is -0.397 e. The van der Waals surface area contributed by atoms with Crippen LogP contribution in [0.4, 0.5) is 29.1 Å². The molecule has 3 aromatic heterocycles. The standard InChI is InChI=1S/C22H25FN4O.C5H4F3N3O/c1-4-5-6-8-27-9-7-14-10-16(18(23)11-15(14)21(27)28)19-24-12-17-20(26-19)25-13-22(17,2)3;6-5(7,8)3-2(9)1-10-11-4(3)12/h7,9-12H,4-6,8,13H2,1-3H3,(H,24,25,26);1H,(H3,9,11,12). The van der Waals surface area contributed by atoms with E-state index in [0.29, 0.717) is 28.7 Å². The molecule has 212 valence electrons. The molecule has 40 heavy (non-hydrogen) atoms. The number of nitrogens with one attached hydrogen (secondary N) is 2. The number of hydrogen-bond donors (Lipinski definition) is 3. The summed E-state index contributed by atoms with van der Waals surface area (Å²) in [6.07, 6.45) is 2.66. The van der Waals surface area contributed by atoms with Gasteiger partial charge in [-0.2, -0.15) is 18.3 Å². The van der Waals surface area contributed by atoms with E-state index < -0.39 is 28.8 Å². The first kappa shape index (κ1) is 28.7. The first-order valence-electron chi connectivity index (χ1n) is 12.7. The number of anilines is 2. The van der Waals surface area contributed by atoms with Gasteiger partial charge in [0.05, 0.1) is 22.8 Å². The van der Waals surface area contributed by atoms with Crippen molar-refractivity contribution in [2.45, 2.75) is 58.2 Å². The number of benzene rings is 1. The molecule has 0 amide bonds. The van der Waals surface area contributed by atoms with Gasteiger partial charge in [-0.1, -0.05) is 33.6 Å². The van der Waals surface area contributed by atoms with Crippen LogP contribution in [0.1, 0.15) is 51.2 Å². The third-order valence-electron chi connectivity index (χ3n) is 6.69. The Kier molecular flexibility index (Phi) is 7.94. The molecule has 13 heteroatoms. The number of pyridine rings is 1. The van der Waals surface area contributed by atoms with E-state index >= 15 is 0 Å². The summed E-state index contributed by atoms with van der Waals surface area (Å²) in [4.78, 5) is 32.2. The maximum atomic E-state index is 14.9. The molecular weight excluding hydrogens is 530 g/mol. The van der Waals surface area contributed by atoms with E-state index in [-0.39, 0.29) is 11.0 Å². The number of unbranched alkanes of at least 4 members (excludes halogenated alkanes) is 2. The molecule has 0 radical (unpaired) electrons. The van der Waals surface area contributed by atoms with Crippen molar-refractivity contribution < 1.29 is 17.6 Å². The minimum atomic E-state index is -4.74. The summed E-state index contributed by atoms with van der Waals surface area (Å²) in [6, 6.07) is 4.85. The van der Waals surface area contributed by atoms with Gasteiger partial charge in [0, 0.05) is 36.5 Å². The fourth-order valence-electron chi connectivity index (χ4n) is 4.43. The van der Waals surface area contributed by atoms with Crippen LogP contribution in [0, 0.1) is 5.82 Å². The van der Waals surface area contributed by atoms with Crippen molar-refractivity contribution >= 4 is 22.3 Å². The third kappa shape index (κ3) is 5.82. The Bertz CT molecular complexity index is 1660. The zero-order valence-electron chi connectivity index (χ0n) is 22.2. The van der Waals surface area contributed by atoms with Gasteiger partial charge in [0.2, 0.25) is 0 Å². The van der Waals surface area contributed by atoms with E-state index in [2.05, 4.69) is 41.2 Å². The van der Waals surface area contributed by atoms with Crippen LogP contribution in [0.25, 0.3) is 22.2 Å². The molecule has 0 aliphatic carbocycles. The number of aryl methyl sites for hydroxylation is 1. The zero-order chi connectivity index (χ0) is 29.2. The van der Waals surface area contributed by atoms with Gasteiger partial charge >= 0.3 is 6.18 Å². The molecule has 0 atom stereocenters. The minimum absolute atomic E-state index is 0.0430. The highest BCUT2D eigenvalue weighted by atomic mass is 19.4. The first-order valence-corrected chi connectivity index (χ1v) is 12.7. The van der Waals surface area contributed by atoms with Gasteiger partial charge in [0.15, 0.2) is 5.82 Å². The summed E-state index contributed by atoms with van der Waals surface area (Å²) in [7, 11) is 0. The summed E-state index contributed by atoms with van der Waals surface area (Å²) in [6.45, 7) is 7.80. The van der Waals surface area contributed by atoms with E-state index in [1.165, 1.54) is 6.07 Å². The number of nitrogens with zero attached hydrogens (tertiary/aromatic N) is 4. The average molecular weight is 560 g/mol. The third-order valence-corrected chi connectivity index (χ3v) is 6.69. The van der Waals surface area contributed by atoms with Crippen molar-refractivity contribution in [2.24, 2.45) is 0 Å². The Labute approximate surface area is 226 Å². The van der Waals surface area contributed by atoms with Gasteiger partial charge in [0.1, 0.15) is 17.2 Å². The van der Waals surface area contributed by atoms with Crippen LogP contribution in [-0.2, 0) is 18.1 Å². The Hall–Kier alpha value is -4.29. The number of fused-ring (bicyclic) bond motifs is 2. The highest BCUT2D eigenvalue weighted by Gasteiger charge is 2.36. The highest BCUT2D eigenvalue weighted by Crippen LogP contribution is 2.36. The van der Waals surface area contributed by atoms with Crippen LogP contribution in [-0.4, -0.2) is 31.3 Å². The topological polar surface area (TPSA) is 132 Å². The molecule has 4 aromatic rings. The predicted octanol–water partition coefficient (Wildman–Crippen LogP) is 4.86. The van der Waals surface area contributed by atoms with Crippen molar-refractivity contribution in [3.05, 3.63) is 74.4 Å². The number of aromatic amines is 1. The Morgan fingerprint density at radius 2 is 1.90 bits per heavy atom. The average Bonchev–Trinajstić information content (AvgIpc) is 3.19. The molecule has 0 saturated heterocycles. The predicted molar refractivity (Wildman–Crippen MR) is 145 cm³/mol. The van der Waals surface area contributed by atoms with Gasteiger partial charge in [-0.3, -0.25) is 9.59 Å². The lowest BCUT2D eigenvalue weighted by Crippen LogP contribution is -2.24. The second-order valence-electron chi connectivity index (χ2n) is 10.2. The lowest BCUT2D eigenvalue weighted by molar-refractivity contribution is -0.138. The van der Waals surface area contributed by atoms with Crippen LogP contribution in [0.15, 0.2) is 46.4 Å². The summed E-state index contributed by atoms with van der Waals surface area (Å²) >= 11 is 0. The molecule has 0 fully saturated rings. The zero-order valence-corrected chi connectivity index (χ0v) is 22.2. The van der Waals surface area contributed by atoms with Crippen LogP contribution in [0.3, 0.4) is 0 Å². The molecule has 1 aliphatic rings. The molecule has 4 heterocycles. The Balaban J connectivity index is 0.000000259. The van der Waals surface area contributed by atoms with E-state index in [9.17, 15) is 27.2 Å². The largest absolute Gasteiger partial charge is 0.423 e. The lowest BCUT2D eigenvalue weighted by Gasteiger charge is -2.15. The highest BCUT2D eigenvalue weighted by molar-refractivity contribution is 5.86. The molecule has 0 saturated carbocycles. The summed E-state index contributed by atoms with van der Waals surface area (Å²) in [5, 5.41) is 9.10. The number of H-pyrrole nitrogens is 1. The van der Waals surface area contributed by atoms with Gasteiger partial charge < -0.3 is 15.6 Å². The number of hydrogen-bond acceptors (Lipinski definition) is 7. The summed E-state index contributed by atoms with van der Waals surface area (Å²) in [5.41, 5.74) is 2.64. The monoisotopic (exact) mass is 559 g/mol. The quantitative estimate of drug-likeness (QED) is 0.235. The van der Waals surface area contributed by atoms with E-state index in [4.69, 9.17) is 5.73 Å². The first-order chi connectivity index (χ1) is 18.8. The van der Waals surface area contributed by atoms with Crippen molar-refractivity contribution in [1.82, 2.24) is 24.7 Å². The second kappa shape index (κ2) is 11.1. The SMILES string of the molecule is CCCCCn1ccc2cc(-c3ncc4c(n3)NCC4(C)C)c(F)cc2c1=O.Nc1cn[nH]c(=O)c1C(F)(F)F. The molecule has 4 N–H and O–H groups in total. The van der Waals surface area contributed by atoms with Gasteiger partial charge in [-0.25, -0.2) is 19.5 Å². The van der Waals surface area contributed by atoms with Crippen molar-refractivity contribution in [2.75, 3.05) is 17.6 Å². The molecular formula is C27H29F4N7O2. The number of nitrogen functional groups attached to an aromatic ring is 1. The molecule has 9 nitrogen and oxygen atoms in total. The number of aromatic nitrogens is 5. The molecule has 1 aromatic carbocycles. The second-order valence-corrected chi connectivity index (χ2v) is 10.2. The van der Waals surface area contributed by atoms with Gasteiger partial charge in [-0.05, 0) is 30.0 Å². The number of rotatable bonds is 5. The number of nitrogens with two attached hydrogens (primary N) is 1. The molecule has 0 spiro atoms. The number of alkyl halides is 3. The van der Waals surface area contributed by atoms with Gasteiger partial charge in [0.25, 0.3) is 11.1 Å². The van der Waals surface area contributed by atoms with E-state index in [1.54, 1.807) is 28.1 Å². The van der Waals surface area contributed by atoms with Crippen LogP contribution < -0.4 is 22.2 Å². The smallest absolute Gasteiger partial charge is 0.397 e. The Morgan fingerprint density at radius 1 is 1.15 bits per heavy atom. The van der Waals surface area contributed by atoms with E-state index in [1.807, 2.05) is 6.07 Å². The maximum absolute atomic E-state index is 14.9. The molecule has 5 rings (SSSR count). The fraction of sp³-hybridized carbons (Fsp3) is 0.370. The summed E-state index contributed by atoms with van der Waals surface area (Å²) < 4.78 is 52.5.